The lowest BCUT2D eigenvalue weighted by Crippen LogP contribution is -2.13. The first kappa shape index (κ1) is 11.6. The number of hydrogen-bond donors (Lipinski definition) is 0. The van der Waals surface area contributed by atoms with Crippen molar-refractivity contribution in [3.8, 4) is 11.5 Å². The second kappa shape index (κ2) is 4.16. The normalized spacial score (nSPS) is 27.1. The second-order valence-corrected chi connectivity index (χ2v) is 6.26. The van der Waals surface area contributed by atoms with E-state index in [1.807, 2.05) is 14.2 Å². The fraction of sp³-hybridized carbons (Fsp3) is 0.647. The maximum Gasteiger partial charge on any atom is 0.126 e. The van der Waals surface area contributed by atoms with Crippen LogP contribution in [0.1, 0.15) is 66.2 Å². The number of ether oxygens (including phenoxy) is 2. The number of methoxy groups -OCH3 is 2. The topological polar surface area (TPSA) is 18.5 Å². The lowest BCUT2D eigenvalue weighted by Gasteiger charge is -2.29. The second-order valence-electron chi connectivity index (χ2n) is 6.26. The van der Waals surface area contributed by atoms with E-state index in [2.05, 4.69) is 0 Å². The van der Waals surface area contributed by atoms with Crippen LogP contribution in [0.25, 0.3) is 0 Å². The van der Waals surface area contributed by atoms with Crippen molar-refractivity contribution in [3.05, 3.63) is 22.3 Å². The van der Waals surface area contributed by atoms with Gasteiger partial charge in [0.25, 0.3) is 0 Å². The Bertz CT molecular complexity index is 486. The summed E-state index contributed by atoms with van der Waals surface area (Å²) in [5.74, 6) is 3.91. The van der Waals surface area contributed by atoms with Gasteiger partial charge in [0.2, 0.25) is 0 Å². The maximum atomic E-state index is 5.85. The van der Waals surface area contributed by atoms with E-state index in [0.29, 0.717) is 0 Å². The maximum absolute atomic E-state index is 5.85. The average molecular weight is 258 g/mol. The molecule has 0 aromatic heterocycles. The predicted octanol–water partition coefficient (Wildman–Crippen LogP) is 3.95. The van der Waals surface area contributed by atoms with Crippen molar-refractivity contribution in [1.29, 1.82) is 0 Å². The van der Waals surface area contributed by atoms with Crippen molar-refractivity contribution in [2.24, 2.45) is 0 Å². The smallest absolute Gasteiger partial charge is 0.126 e. The monoisotopic (exact) mass is 258 g/mol. The fourth-order valence-corrected chi connectivity index (χ4v) is 4.76. The number of benzene rings is 1. The van der Waals surface area contributed by atoms with Gasteiger partial charge in [0, 0.05) is 22.3 Å². The first-order chi connectivity index (χ1) is 9.35. The van der Waals surface area contributed by atoms with Crippen molar-refractivity contribution < 1.29 is 9.47 Å². The summed E-state index contributed by atoms with van der Waals surface area (Å²) in [7, 11) is 3.70. The van der Waals surface area contributed by atoms with Crippen LogP contribution in [0.5, 0.6) is 11.5 Å². The molecule has 3 aliphatic rings. The van der Waals surface area contributed by atoms with E-state index < -0.39 is 0 Å². The van der Waals surface area contributed by atoms with Gasteiger partial charge in [0.1, 0.15) is 11.5 Å². The Balaban J connectivity index is 2.03. The van der Waals surface area contributed by atoms with E-state index in [1.165, 1.54) is 78.7 Å². The molecule has 0 heterocycles. The third-order valence-corrected chi connectivity index (χ3v) is 5.45. The largest absolute Gasteiger partial charge is 0.496 e. The van der Waals surface area contributed by atoms with Gasteiger partial charge in [-0.1, -0.05) is 0 Å². The van der Waals surface area contributed by atoms with Crippen LogP contribution < -0.4 is 9.47 Å². The Hall–Kier alpha value is -1.18. The molecule has 1 fully saturated rings. The molecule has 2 bridgehead atoms. The van der Waals surface area contributed by atoms with E-state index in [-0.39, 0.29) is 0 Å². The molecule has 0 N–H and O–H groups in total. The summed E-state index contributed by atoms with van der Waals surface area (Å²) < 4.78 is 11.7. The highest BCUT2D eigenvalue weighted by Gasteiger charge is 2.43. The van der Waals surface area contributed by atoms with Gasteiger partial charge in [-0.05, 0) is 56.8 Å². The van der Waals surface area contributed by atoms with Gasteiger partial charge < -0.3 is 9.47 Å². The van der Waals surface area contributed by atoms with Crippen molar-refractivity contribution in [2.75, 3.05) is 14.2 Å². The summed E-state index contributed by atoms with van der Waals surface area (Å²) in [5, 5.41) is 0. The Morgan fingerprint density at radius 3 is 1.68 bits per heavy atom. The van der Waals surface area contributed by atoms with Crippen LogP contribution in [0.3, 0.4) is 0 Å². The highest BCUT2D eigenvalue weighted by Crippen LogP contribution is 2.61. The molecule has 2 nitrogen and oxygen atoms in total. The molecule has 0 aliphatic heterocycles. The Morgan fingerprint density at radius 1 is 0.789 bits per heavy atom. The molecular weight excluding hydrogens is 236 g/mol. The minimum atomic E-state index is 0.732. The van der Waals surface area contributed by atoms with Crippen LogP contribution in [0.4, 0.5) is 0 Å². The van der Waals surface area contributed by atoms with Gasteiger partial charge in [-0.25, -0.2) is 0 Å². The SMILES string of the molecule is COc1c2c(c(OC)c3c1[C@@H]1CC[C@H]3C1)CCCC2. The molecule has 2 heteroatoms. The van der Waals surface area contributed by atoms with E-state index >= 15 is 0 Å². The van der Waals surface area contributed by atoms with Crippen molar-refractivity contribution in [2.45, 2.75) is 56.8 Å². The summed E-state index contributed by atoms with van der Waals surface area (Å²) in [4.78, 5) is 0. The van der Waals surface area contributed by atoms with Gasteiger partial charge in [0.05, 0.1) is 14.2 Å². The van der Waals surface area contributed by atoms with Crippen LogP contribution in [0.2, 0.25) is 0 Å². The highest BCUT2D eigenvalue weighted by molar-refractivity contribution is 5.65. The molecular formula is C17H22O2. The van der Waals surface area contributed by atoms with Crippen molar-refractivity contribution in [1.82, 2.24) is 0 Å². The standard InChI is InChI=1S/C17H22O2/c1-18-16-12-5-3-4-6-13(12)17(19-2)15-11-8-7-10(9-11)14(15)16/h10-11H,3-9H2,1-2H3/t10-,11+. The lowest BCUT2D eigenvalue weighted by molar-refractivity contribution is 0.377. The lowest BCUT2D eigenvalue weighted by atomic mass is 9.81. The molecule has 1 aromatic rings. The minimum absolute atomic E-state index is 0.732. The van der Waals surface area contributed by atoms with Gasteiger partial charge in [-0.3, -0.25) is 0 Å². The molecule has 102 valence electrons. The van der Waals surface area contributed by atoms with Gasteiger partial charge in [-0.15, -0.1) is 0 Å². The molecule has 1 aromatic carbocycles. The molecule has 19 heavy (non-hydrogen) atoms. The van der Waals surface area contributed by atoms with Crippen LogP contribution in [-0.2, 0) is 12.8 Å². The van der Waals surface area contributed by atoms with Gasteiger partial charge in [0.15, 0.2) is 0 Å². The van der Waals surface area contributed by atoms with E-state index in [9.17, 15) is 0 Å². The molecule has 0 amide bonds. The third-order valence-electron chi connectivity index (χ3n) is 5.45. The van der Waals surface area contributed by atoms with Crippen molar-refractivity contribution in [3.63, 3.8) is 0 Å². The summed E-state index contributed by atoms with van der Waals surface area (Å²) >= 11 is 0. The van der Waals surface area contributed by atoms with E-state index in [0.717, 1.165) is 11.8 Å². The first-order valence-electron chi connectivity index (χ1n) is 7.64. The summed E-state index contributed by atoms with van der Waals surface area (Å²) in [6.45, 7) is 0. The van der Waals surface area contributed by atoms with Crippen LogP contribution in [0.15, 0.2) is 0 Å². The van der Waals surface area contributed by atoms with E-state index in [4.69, 9.17) is 9.47 Å². The fourth-order valence-electron chi connectivity index (χ4n) is 4.76. The van der Waals surface area contributed by atoms with Crippen molar-refractivity contribution >= 4 is 0 Å². The molecule has 0 saturated heterocycles. The van der Waals surface area contributed by atoms with Crippen LogP contribution in [0, 0.1) is 0 Å². The Labute approximate surface area is 115 Å². The summed E-state index contributed by atoms with van der Waals surface area (Å²) in [6.07, 6.45) is 8.93. The quantitative estimate of drug-likeness (QED) is 0.799. The molecule has 1 saturated carbocycles. The predicted molar refractivity (Wildman–Crippen MR) is 75.5 cm³/mol. The van der Waals surface area contributed by atoms with Gasteiger partial charge in [-0.2, -0.15) is 0 Å². The van der Waals surface area contributed by atoms with Gasteiger partial charge >= 0.3 is 0 Å². The molecule has 0 unspecified atom stereocenters. The zero-order valence-corrected chi connectivity index (χ0v) is 11.9. The third kappa shape index (κ3) is 1.43. The molecule has 2 atom stereocenters. The summed E-state index contributed by atoms with van der Waals surface area (Å²) in [5.41, 5.74) is 5.93. The molecule has 3 aliphatic carbocycles. The number of rotatable bonds is 2. The number of hydrogen-bond acceptors (Lipinski definition) is 2. The Morgan fingerprint density at radius 2 is 1.26 bits per heavy atom. The minimum Gasteiger partial charge on any atom is -0.496 e. The average Bonchev–Trinajstić information content (AvgIpc) is 3.06. The van der Waals surface area contributed by atoms with Crippen LogP contribution in [-0.4, -0.2) is 14.2 Å². The Kier molecular flexibility index (Phi) is 2.54. The highest BCUT2D eigenvalue weighted by atomic mass is 16.5. The molecule has 0 radical (unpaired) electrons. The number of fused-ring (bicyclic) bond motifs is 6. The first-order valence-corrected chi connectivity index (χ1v) is 7.64. The zero-order chi connectivity index (χ0) is 13.0. The zero-order valence-electron chi connectivity index (χ0n) is 11.9. The summed E-state index contributed by atoms with van der Waals surface area (Å²) in [6, 6.07) is 0. The molecule has 4 rings (SSSR count). The molecule has 0 spiro atoms. The van der Waals surface area contributed by atoms with E-state index in [1.54, 1.807) is 0 Å². The van der Waals surface area contributed by atoms with Crippen LogP contribution >= 0.6 is 0 Å².